The van der Waals surface area contributed by atoms with Gasteiger partial charge in [-0.05, 0) is 29.8 Å². The number of ether oxygens (including phenoxy) is 1. The minimum atomic E-state index is 0.735. The van der Waals surface area contributed by atoms with Crippen molar-refractivity contribution in [2.75, 3.05) is 36.5 Å². The predicted molar refractivity (Wildman–Crippen MR) is 86.0 cm³/mol. The van der Waals surface area contributed by atoms with Crippen molar-refractivity contribution in [3.63, 3.8) is 0 Å². The molecule has 0 spiro atoms. The van der Waals surface area contributed by atoms with Gasteiger partial charge in [-0.2, -0.15) is 0 Å². The zero-order chi connectivity index (χ0) is 14.5. The van der Waals surface area contributed by atoms with Gasteiger partial charge in [0.25, 0.3) is 0 Å². The predicted octanol–water partition coefficient (Wildman–Crippen LogP) is 3.18. The van der Waals surface area contributed by atoms with Crippen molar-refractivity contribution in [1.82, 2.24) is 4.98 Å². The Hall–Kier alpha value is -1.78. The highest BCUT2D eigenvalue weighted by Crippen LogP contribution is 2.17. The summed E-state index contributed by atoms with van der Waals surface area (Å²) in [6, 6.07) is 12.0. The molecule has 0 bridgehead atoms. The molecule has 2 heterocycles. The number of aromatic nitrogens is 1. The van der Waals surface area contributed by atoms with Gasteiger partial charge in [-0.1, -0.05) is 23.7 Å². The number of rotatable bonds is 4. The number of benzene rings is 1. The summed E-state index contributed by atoms with van der Waals surface area (Å²) in [5.41, 5.74) is 2.16. The highest BCUT2D eigenvalue weighted by atomic mass is 35.5. The lowest BCUT2D eigenvalue weighted by Crippen LogP contribution is -2.36. The Morgan fingerprint density at radius 1 is 1.19 bits per heavy atom. The SMILES string of the molecule is Clc1cccc(CNc2ccc(N3CCOCC3)nc2)c1. The molecule has 0 radical (unpaired) electrons. The fourth-order valence-electron chi connectivity index (χ4n) is 2.32. The van der Waals surface area contributed by atoms with Gasteiger partial charge in [-0.3, -0.25) is 0 Å². The molecule has 2 aromatic rings. The second-order valence-corrected chi connectivity index (χ2v) is 5.42. The van der Waals surface area contributed by atoms with E-state index in [4.69, 9.17) is 16.3 Å². The number of nitrogens with zero attached hydrogens (tertiary/aromatic N) is 2. The van der Waals surface area contributed by atoms with Crippen molar-refractivity contribution in [2.45, 2.75) is 6.54 Å². The minimum absolute atomic E-state index is 0.735. The summed E-state index contributed by atoms with van der Waals surface area (Å²) in [6.07, 6.45) is 1.87. The van der Waals surface area contributed by atoms with Crippen molar-refractivity contribution >= 4 is 23.1 Å². The van der Waals surface area contributed by atoms with Crippen LogP contribution in [-0.2, 0) is 11.3 Å². The molecular weight excluding hydrogens is 286 g/mol. The van der Waals surface area contributed by atoms with Crippen LogP contribution in [-0.4, -0.2) is 31.3 Å². The van der Waals surface area contributed by atoms with Gasteiger partial charge in [0.05, 0.1) is 25.1 Å². The van der Waals surface area contributed by atoms with E-state index in [2.05, 4.69) is 27.3 Å². The maximum absolute atomic E-state index is 5.98. The normalized spacial score (nSPS) is 15.0. The third-order valence-electron chi connectivity index (χ3n) is 3.47. The number of anilines is 2. The number of morpholine rings is 1. The van der Waals surface area contributed by atoms with Gasteiger partial charge in [-0.15, -0.1) is 0 Å². The molecule has 1 aliphatic heterocycles. The Morgan fingerprint density at radius 2 is 2.05 bits per heavy atom. The summed E-state index contributed by atoms with van der Waals surface area (Å²) in [5, 5.41) is 4.11. The van der Waals surface area contributed by atoms with E-state index < -0.39 is 0 Å². The lowest BCUT2D eigenvalue weighted by molar-refractivity contribution is 0.122. The highest BCUT2D eigenvalue weighted by molar-refractivity contribution is 6.30. The lowest BCUT2D eigenvalue weighted by Gasteiger charge is -2.27. The molecule has 5 heteroatoms. The van der Waals surface area contributed by atoms with Crippen molar-refractivity contribution < 1.29 is 4.74 Å². The average Bonchev–Trinajstić information content (AvgIpc) is 2.54. The topological polar surface area (TPSA) is 37.4 Å². The van der Waals surface area contributed by atoms with Crippen LogP contribution in [0.15, 0.2) is 42.6 Å². The van der Waals surface area contributed by atoms with Crippen LogP contribution < -0.4 is 10.2 Å². The molecule has 3 rings (SSSR count). The number of nitrogens with one attached hydrogen (secondary N) is 1. The van der Waals surface area contributed by atoms with Crippen LogP contribution >= 0.6 is 11.6 Å². The third kappa shape index (κ3) is 3.86. The molecule has 1 fully saturated rings. The Labute approximate surface area is 129 Å². The number of pyridine rings is 1. The zero-order valence-corrected chi connectivity index (χ0v) is 12.5. The quantitative estimate of drug-likeness (QED) is 0.941. The lowest BCUT2D eigenvalue weighted by atomic mass is 10.2. The summed E-state index contributed by atoms with van der Waals surface area (Å²) in [7, 11) is 0. The molecule has 0 aliphatic carbocycles. The molecule has 1 saturated heterocycles. The molecule has 0 unspecified atom stereocenters. The van der Waals surface area contributed by atoms with Crippen molar-refractivity contribution in [1.29, 1.82) is 0 Å². The second-order valence-electron chi connectivity index (χ2n) is 4.99. The second kappa shape index (κ2) is 6.78. The first-order valence-electron chi connectivity index (χ1n) is 7.08. The number of hydrogen-bond acceptors (Lipinski definition) is 4. The van der Waals surface area contributed by atoms with Crippen LogP contribution in [0, 0.1) is 0 Å². The van der Waals surface area contributed by atoms with E-state index in [1.165, 1.54) is 0 Å². The summed E-state index contributed by atoms with van der Waals surface area (Å²) in [6.45, 7) is 4.09. The smallest absolute Gasteiger partial charge is 0.128 e. The van der Waals surface area contributed by atoms with Gasteiger partial charge in [0.2, 0.25) is 0 Å². The number of halogens is 1. The van der Waals surface area contributed by atoms with Crippen LogP contribution in [0.4, 0.5) is 11.5 Å². The van der Waals surface area contributed by atoms with Crippen molar-refractivity contribution in [2.24, 2.45) is 0 Å². The molecule has 0 atom stereocenters. The summed E-state index contributed by atoms with van der Waals surface area (Å²) in [4.78, 5) is 6.75. The van der Waals surface area contributed by atoms with Crippen molar-refractivity contribution in [3.8, 4) is 0 Å². The first-order chi connectivity index (χ1) is 10.3. The Balaban J connectivity index is 1.59. The molecule has 1 N–H and O–H groups in total. The fraction of sp³-hybridized carbons (Fsp3) is 0.312. The van der Waals surface area contributed by atoms with E-state index in [-0.39, 0.29) is 0 Å². The molecule has 0 amide bonds. The molecular formula is C16H18ClN3O. The summed E-state index contributed by atoms with van der Waals surface area (Å²) >= 11 is 5.98. The van der Waals surface area contributed by atoms with E-state index in [9.17, 15) is 0 Å². The van der Waals surface area contributed by atoms with Crippen LogP contribution in [0.3, 0.4) is 0 Å². The first kappa shape index (κ1) is 14.2. The Bertz CT molecular complexity index is 582. The minimum Gasteiger partial charge on any atom is -0.380 e. The molecule has 1 aromatic heterocycles. The standard InChI is InChI=1S/C16H18ClN3O/c17-14-3-1-2-13(10-14)11-18-15-4-5-16(19-12-15)20-6-8-21-9-7-20/h1-5,10,12,18H,6-9,11H2. The molecule has 0 saturated carbocycles. The maximum atomic E-state index is 5.98. The maximum Gasteiger partial charge on any atom is 0.128 e. The summed E-state index contributed by atoms with van der Waals surface area (Å²) in [5.74, 6) is 1.01. The summed E-state index contributed by atoms with van der Waals surface area (Å²) < 4.78 is 5.35. The van der Waals surface area contributed by atoms with Gasteiger partial charge in [0, 0.05) is 24.7 Å². The van der Waals surface area contributed by atoms with Gasteiger partial charge >= 0.3 is 0 Å². The highest BCUT2D eigenvalue weighted by Gasteiger charge is 2.11. The zero-order valence-electron chi connectivity index (χ0n) is 11.8. The molecule has 1 aliphatic rings. The number of hydrogen-bond donors (Lipinski definition) is 1. The molecule has 110 valence electrons. The van der Waals surface area contributed by atoms with E-state index in [1.807, 2.05) is 30.5 Å². The Kier molecular flexibility index (Phi) is 4.58. The largest absolute Gasteiger partial charge is 0.380 e. The third-order valence-corrected chi connectivity index (χ3v) is 3.70. The molecule has 21 heavy (non-hydrogen) atoms. The van der Waals surface area contributed by atoms with Crippen LogP contribution in [0.25, 0.3) is 0 Å². The van der Waals surface area contributed by atoms with Crippen LogP contribution in [0.1, 0.15) is 5.56 Å². The Morgan fingerprint density at radius 3 is 2.76 bits per heavy atom. The van der Waals surface area contributed by atoms with E-state index in [1.54, 1.807) is 0 Å². The van der Waals surface area contributed by atoms with Crippen molar-refractivity contribution in [3.05, 3.63) is 53.2 Å². The van der Waals surface area contributed by atoms with Gasteiger partial charge in [-0.25, -0.2) is 4.98 Å². The van der Waals surface area contributed by atoms with Gasteiger partial charge in [0.1, 0.15) is 5.82 Å². The average molecular weight is 304 g/mol. The van der Waals surface area contributed by atoms with E-state index >= 15 is 0 Å². The van der Waals surface area contributed by atoms with E-state index in [0.717, 1.165) is 54.9 Å². The first-order valence-corrected chi connectivity index (χ1v) is 7.46. The monoisotopic (exact) mass is 303 g/mol. The van der Waals surface area contributed by atoms with Gasteiger partial charge in [0.15, 0.2) is 0 Å². The van der Waals surface area contributed by atoms with Crippen LogP contribution in [0.5, 0.6) is 0 Å². The van der Waals surface area contributed by atoms with Gasteiger partial charge < -0.3 is 15.0 Å². The van der Waals surface area contributed by atoms with Crippen LogP contribution in [0.2, 0.25) is 5.02 Å². The molecule has 4 nitrogen and oxygen atoms in total. The molecule has 1 aromatic carbocycles. The fourth-order valence-corrected chi connectivity index (χ4v) is 2.53. The van der Waals surface area contributed by atoms with E-state index in [0.29, 0.717) is 0 Å².